The fraction of sp³-hybridized carbons (Fsp3) is 0.438. The van der Waals surface area contributed by atoms with Crippen LogP contribution in [0.1, 0.15) is 37.9 Å². The van der Waals surface area contributed by atoms with Crippen molar-refractivity contribution >= 4 is 29.9 Å². The van der Waals surface area contributed by atoms with Gasteiger partial charge in [0.2, 0.25) is 0 Å². The Labute approximate surface area is 153 Å². The molecule has 0 atom stereocenters. The van der Waals surface area contributed by atoms with Crippen LogP contribution in [-0.2, 0) is 6.54 Å². The average Bonchev–Trinajstić information content (AvgIpc) is 3.03. The summed E-state index contributed by atoms with van der Waals surface area (Å²) in [5, 5.41) is 11.4. The van der Waals surface area contributed by atoms with Crippen molar-refractivity contribution in [2.75, 3.05) is 0 Å². The van der Waals surface area contributed by atoms with Gasteiger partial charge in [0.25, 0.3) is 0 Å². The summed E-state index contributed by atoms with van der Waals surface area (Å²) in [7, 11) is 0. The van der Waals surface area contributed by atoms with E-state index in [1.54, 1.807) is 6.33 Å². The Morgan fingerprint density at radius 2 is 1.96 bits per heavy atom. The molecule has 7 heteroatoms. The summed E-state index contributed by atoms with van der Waals surface area (Å²) in [6.45, 7) is 0.417. The van der Waals surface area contributed by atoms with Gasteiger partial charge < -0.3 is 11.1 Å². The van der Waals surface area contributed by atoms with Crippen LogP contribution in [0.2, 0.25) is 0 Å². The molecule has 6 nitrogen and oxygen atoms in total. The molecule has 1 heterocycles. The van der Waals surface area contributed by atoms with Crippen molar-refractivity contribution < 1.29 is 0 Å². The van der Waals surface area contributed by atoms with Crippen LogP contribution in [0.25, 0.3) is 5.69 Å². The van der Waals surface area contributed by atoms with Crippen molar-refractivity contribution in [1.29, 1.82) is 0 Å². The molecule has 23 heavy (non-hydrogen) atoms. The number of nitrogens with one attached hydrogen (secondary N) is 1. The van der Waals surface area contributed by atoms with E-state index in [-0.39, 0.29) is 24.0 Å². The van der Waals surface area contributed by atoms with Crippen LogP contribution in [0.3, 0.4) is 0 Å². The first-order chi connectivity index (χ1) is 10.8. The summed E-state index contributed by atoms with van der Waals surface area (Å²) < 4.78 is 1.93. The summed E-state index contributed by atoms with van der Waals surface area (Å²) in [6, 6.07) is 10.4. The van der Waals surface area contributed by atoms with Crippen molar-refractivity contribution in [2.45, 2.75) is 44.7 Å². The van der Waals surface area contributed by atoms with Crippen molar-refractivity contribution in [3.05, 3.63) is 42.5 Å². The molecule has 3 rings (SSSR count). The van der Waals surface area contributed by atoms with Crippen molar-refractivity contribution in [1.82, 2.24) is 20.1 Å². The second kappa shape index (κ2) is 8.85. The SMILES string of the molecule is I.NC(=NCc1nncn1-c1ccccc1)NC1CCCCC1. The van der Waals surface area contributed by atoms with Gasteiger partial charge in [-0.3, -0.25) is 4.57 Å². The number of aromatic nitrogens is 3. The highest BCUT2D eigenvalue weighted by Gasteiger charge is 2.13. The number of hydrogen-bond donors (Lipinski definition) is 2. The highest BCUT2D eigenvalue weighted by Crippen LogP contribution is 2.17. The molecular formula is C16H23IN6. The van der Waals surface area contributed by atoms with Gasteiger partial charge in [0.05, 0.1) is 0 Å². The summed E-state index contributed by atoms with van der Waals surface area (Å²) in [5.74, 6) is 1.27. The maximum Gasteiger partial charge on any atom is 0.189 e. The first-order valence-corrected chi connectivity index (χ1v) is 7.84. The lowest BCUT2D eigenvalue weighted by Crippen LogP contribution is -2.41. The molecule has 2 aromatic rings. The largest absolute Gasteiger partial charge is 0.370 e. The monoisotopic (exact) mass is 426 g/mol. The number of nitrogens with two attached hydrogens (primary N) is 1. The summed E-state index contributed by atoms with van der Waals surface area (Å²) >= 11 is 0. The summed E-state index contributed by atoms with van der Waals surface area (Å²) in [5.41, 5.74) is 7.02. The fourth-order valence-electron chi connectivity index (χ4n) is 2.83. The molecule has 0 bridgehead atoms. The van der Waals surface area contributed by atoms with Crippen LogP contribution < -0.4 is 11.1 Å². The third-order valence-electron chi connectivity index (χ3n) is 4.00. The molecule has 0 unspecified atom stereocenters. The summed E-state index contributed by atoms with van der Waals surface area (Å²) in [4.78, 5) is 4.41. The predicted octanol–water partition coefficient (Wildman–Crippen LogP) is 2.62. The molecule has 0 aliphatic heterocycles. The number of para-hydroxylation sites is 1. The maximum atomic E-state index is 5.99. The molecule has 1 aliphatic carbocycles. The number of nitrogens with zero attached hydrogens (tertiary/aromatic N) is 4. The molecular weight excluding hydrogens is 403 g/mol. The highest BCUT2D eigenvalue weighted by molar-refractivity contribution is 14.0. The molecule has 124 valence electrons. The van der Waals surface area contributed by atoms with Gasteiger partial charge in [0.1, 0.15) is 12.9 Å². The Balaban J connectivity index is 0.00000192. The van der Waals surface area contributed by atoms with Gasteiger partial charge in [-0.1, -0.05) is 37.5 Å². The van der Waals surface area contributed by atoms with Gasteiger partial charge in [-0.2, -0.15) is 0 Å². The zero-order chi connectivity index (χ0) is 15.2. The Morgan fingerprint density at radius 1 is 1.22 bits per heavy atom. The van der Waals surface area contributed by atoms with Crippen molar-refractivity contribution in [2.24, 2.45) is 10.7 Å². The first-order valence-electron chi connectivity index (χ1n) is 7.84. The van der Waals surface area contributed by atoms with Crippen LogP contribution >= 0.6 is 24.0 Å². The standard InChI is InChI=1S/C16H22N6.HI/c17-16(20-13-7-3-1-4-8-13)18-11-15-21-19-12-22(15)14-9-5-2-6-10-14;/h2,5-6,9-10,12-13H,1,3-4,7-8,11H2,(H3,17,18,20);1H. The number of hydrogen-bond acceptors (Lipinski definition) is 3. The zero-order valence-electron chi connectivity index (χ0n) is 13.1. The molecule has 0 radical (unpaired) electrons. The number of halogens is 1. The molecule has 1 fully saturated rings. The molecule has 0 saturated heterocycles. The van der Waals surface area contributed by atoms with Gasteiger partial charge in [-0.05, 0) is 25.0 Å². The van der Waals surface area contributed by atoms with E-state index >= 15 is 0 Å². The second-order valence-electron chi connectivity index (χ2n) is 5.63. The van der Waals surface area contributed by atoms with Crippen LogP contribution in [0.5, 0.6) is 0 Å². The maximum absolute atomic E-state index is 5.99. The molecule has 0 amide bonds. The molecule has 0 spiro atoms. The number of rotatable bonds is 4. The Morgan fingerprint density at radius 3 is 2.70 bits per heavy atom. The van der Waals surface area contributed by atoms with E-state index in [0.29, 0.717) is 18.5 Å². The molecule has 1 saturated carbocycles. The third kappa shape index (κ3) is 4.92. The van der Waals surface area contributed by atoms with Gasteiger partial charge in [-0.15, -0.1) is 34.2 Å². The second-order valence-corrected chi connectivity index (χ2v) is 5.63. The normalized spacial score (nSPS) is 15.9. The zero-order valence-corrected chi connectivity index (χ0v) is 15.4. The van der Waals surface area contributed by atoms with E-state index in [1.807, 2.05) is 34.9 Å². The quantitative estimate of drug-likeness (QED) is 0.448. The average molecular weight is 426 g/mol. The Hall–Kier alpha value is -1.64. The van der Waals surface area contributed by atoms with E-state index in [4.69, 9.17) is 5.73 Å². The number of guanidine groups is 1. The first kappa shape index (κ1) is 17.7. The topological polar surface area (TPSA) is 81.1 Å². The lowest BCUT2D eigenvalue weighted by molar-refractivity contribution is 0.412. The smallest absolute Gasteiger partial charge is 0.189 e. The minimum Gasteiger partial charge on any atom is -0.370 e. The van der Waals surface area contributed by atoms with Crippen LogP contribution in [0.4, 0.5) is 0 Å². The van der Waals surface area contributed by atoms with E-state index in [9.17, 15) is 0 Å². The number of benzene rings is 1. The van der Waals surface area contributed by atoms with Gasteiger partial charge in [0.15, 0.2) is 11.8 Å². The van der Waals surface area contributed by atoms with Crippen molar-refractivity contribution in [3.8, 4) is 5.69 Å². The lowest BCUT2D eigenvalue weighted by atomic mass is 9.96. The lowest BCUT2D eigenvalue weighted by Gasteiger charge is -2.23. The highest BCUT2D eigenvalue weighted by atomic mass is 127. The minimum absolute atomic E-state index is 0. The van der Waals surface area contributed by atoms with E-state index in [1.165, 1.54) is 32.1 Å². The number of aliphatic imine (C=N–C) groups is 1. The molecule has 1 aromatic heterocycles. The van der Waals surface area contributed by atoms with Gasteiger partial charge in [-0.25, -0.2) is 4.99 Å². The van der Waals surface area contributed by atoms with E-state index < -0.39 is 0 Å². The van der Waals surface area contributed by atoms with Crippen LogP contribution in [-0.4, -0.2) is 26.8 Å². The Bertz CT molecular complexity index is 619. The molecule has 1 aromatic carbocycles. The predicted molar refractivity (Wildman–Crippen MR) is 102 cm³/mol. The van der Waals surface area contributed by atoms with Gasteiger partial charge in [0, 0.05) is 11.7 Å². The molecule has 1 aliphatic rings. The van der Waals surface area contributed by atoms with Crippen molar-refractivity contribution in [3.63, 3.8) is 0 Å². The van der Waals surface area contributed by atoms with Crippen LogP contribution in [0.15, 0.2) is 41.7 Å². The minimum atomic E-state index is 0. The Kier molecular flexibility index (Phi) is 6.82. The van der Waals surface area contributed by atoms with E-state index in [0.717, 1.165) is 11.5 Å². The van der Waals surface area contributed by atoms with Crippen LogP contribution in [0, 0.1) is 0 Å². The molecule has 3 N–H and O–H groups in total. The van der Waals surface area contributed by atoms with E-state index in [2.05, 4.69) is 20.5 Å². The van der Waals surface area contributed by atoms with Gasteiger partial charge >= 0.3 is 0 Å². The fourth-order valence-corrected chi connectivity index (χ4v) is 2.83. The summed E-state index contributed by atoms with van der Waals surface area (Å²) in [6.07, 6.45) is 7.92. The third-order valence-corrected chi connectivity index (χ3v) is 4.00.